The molecule has 3 rings (SSSR count). The van der Waals surface area contributed by atoms with Gasteiger partial charge in [-0.25, -0.2) is 4.39 Å². The first-order valence-electron chi connectivity index (χ1n) is 7.11. The highest BCUT2D eigenvalue weighted by Gasteiger charge is 2.43. The van der Waals surface area contributed by atoms with Crippen LogP contribution in [0.2, 0.25) is 0 Å². The number of aliphatic hydroxyl groups excluding tert-OH is 1. The van der Waals surface area contributed by atoms with Crippen molar-refractivity contribution in [2.75, 3.05) is 6.61 Å². The molecule has 0 spiro atoms. The Hall–Kier alpha value is -1.20. The molecule has 1 aromatic rings. The van der Waals surface area contributed by atoms with Crippen LogP contribution in [0.1, 0.15) is 32.1 Å². The lowest BCUT2D eigenvalue weighted by Crippen LogP contribution is -2.48. The van der Waals surface area contributed by atoms with Crippen molar-refractivity contribution in [3.63, 3.8) is 0 Å². The van der Waals surface area contributed by atoms with Crippen molar-refractivity contribution >= 4 is 0 Å². The van der Waals surface area contributed by atoms with E-state index in [2.05, 4.69) is 5.32 Å². The topological polar surface area (TPSA) is 41.5 Å². The molecule has 0 saturated heterocycles. The molecule has 2 unspecified atom stereocenters. The fourth-order valence-electron chi connectivity index (χ4n) is 2.91. The predicted molar refractivity (Wildman–Crippen MR) is 70.6 cm³/mol. The van der Waals surface area contributed by atoms with Crippen molar-refractivity contribution in [3.05, 3.63) is 29.8 Å². The Balaban J connectivity index is 1.65. The van der Waals surface area contributed by atoms with E-state index in [0.717, 1.165) is 31.7 Å². The second-order valence-electron chi connectivity index (χ2n) is 5.89. The van der Waals surface area contributed by atoms with Crippen molar-refractivity contribution in [1.29, 1.82) is 0 Å². The molecule has 2 fully saturated rings. The van der Waals surface area contributed by atoms with Crippen LogP contribution in [0.4, 0.5) is 8.78 Å². The van der Waals surface area contributed by atoms with E-state index >= 15 is 0 Å². The van der Waals surface area contributed by atoms with E-state index in [-0.39, 0.29) is 24.0 Å². The Morgan fingerprint density at radius 2 is 2.10 bits per heavy atom. The van der Waals surface area contributed by atoms with Gasteiger partial charge in [0.1, 0.15) is 6.10 Å². The number of halogens is 2. The van der Waals surface area contributed by atoms with Crippen LogP contribution in [0.3, 0.4) is 0 Å². The summed E-state index contributed by atoms with van der Waals surface area (Å²) in [7, 11) is 0. The molecule has 3 nitrogen and oxygen atoms in total. The van der Waals surface area contributed by atoms with E-state index in [0.29, 0.717) is 12.5 Å². The van der Waals surface area contributed by atoms with Gasteiger partial charge in [0, 0.05) is 18.0 Å². The zero-order chi connectivity index (χ0) is 14.2. The van der Waals surface area contributed by atoms with Gasteiger partial charge in [0.05, 0.1) is 6.61 Å². The second-order valence-corrected chi connectivity index (χ2v) is 5.89. The molecule has 0 amide bonds. The Morgan fingerprint density at radius 3 is 2.80 bits per heavy atom. The molecule has 0 heterocycles. The van der Waals surface area contributed by atoms with Crippen LogP contribution < -0.4 is 10.1 Å². The molecule has 2 N–H and O–H groups in total. The van der Waals surface area contributed by atoms with Crippen molar-refractivity contribution in [1.82, 2.24) is 5.32 Å². The molecular formula is C15H19F2NO2. The lowest BCUT2D eigenvalue weighted by molar-refractivity contribution is 0.136. The Morgan fingerprint density at radius 1 is 1.30 bits per heavy atom. The summed E-state index contributed by atoms with van der Waals surface area (Å²) in [6, 6.07) is 4.44. The van der Waals surface area contributed by atoms with Gasteiger partial charge in [-0.1, -0.05) is 6.07 Å². The van der Waals surface area contributed by atoms with E-state index in [1.807, 2.05) is 0 Å². The van der Waals surface area contributed by atoms with Crippen LogP contribution in [-0.4, -0.2) is 29.4 Å². The quantitative estimate of drug-likeness (QED) is 0.872. The van der Waals surface area contributed by atoms with E-state index in [1.165, 1.54) is 12.1 Å². The monoisotopic (exact) mass is 283 g/mol. The molecule has 1 aromatic carbocycles. The first-order chi connectivity index (χ1) is 9.62. The van der Waals surface area contributed by atoms with Gasteiger partial charge >= 0.3 is 0 Å². The van der Waals surface area contributed by atoms with Crippen molar-refractivity contribution in [2.24, 2.45) is 0 Å². The molecule has 0 aliphatic heterocycles. The van der Waals surface area contributed by atoms with Crippen LogP contribution >= 0.6 is 0 Å². The lowest BCUT2D eigenvalue weighted by Gasteiger charge is -2.28. The summed E-state index contributed by atoms with van der Waals surface area (Å²) in [6.07, 6.45) is 4.25. The molecule has 0 radical (unpaired) electrons. The van der Waals surface area contributed by atoms with Gasteiger partial charge in [0.15, 0.2) is 11.6 Å². The average Bonchev–Trinajstić information content (AvgIpc) is 3.15. The van der Waals surface area contributed by atoms with Crippen molar-refractivity contribution in [2.45, 2.75) is 49.8 Å². The van der Waals surface area contributed by atoms with Crippen LogP contribution in [0.15, 0.2) is 18.2 Å². The number of rotatable bonds is 5. The van der Waals surface area contributed by atoms with Crippen LogP contribution in [-0.2, 0) is 0 Å². The molecule has 2 aliphatic rings. The Kier molecular flexibility index (Phi) is 3.65. The summed E-state index contributed by atoms with van der Waals surface area (Å²) in [5, 5.41) is 13.1. The van der Waals surface area contributed by atoms with Crippen molar-refractivity contribution in [3.8, 4) is 5.75 Å². The lowest BCUT2D eigenvalue weighted by atomic mass is 9.98. The summed E-state index contributed by atoms with van der Waals surface area (Å²) in [5.74, 6) is -1.88. The van der Waals surface area contributed by atoms with Crippen LogP contribution in [0.5, 0.6) is 5.75 Å². The maximum Gasteiger partial charge on any atom is 0.200 e. The normalized spacial score (nSPS) is 29.6. The van der Waals surface area contributed by atoms with Gasteiger partial charge in [-0.3, -0.25) is 0 Å². The van der Waals surface area contributed by atoms with Gasteiger partial charge in [-0.15, -0.1) is 0 Å². The highest BCUT2D eigenvalue weighted by Crippen LogP contribution is 2.36. The van der Waals surface area contributed by atoms with Gasteiger partial charge in [-0.05, 0) is 37.8 Å². The third-order valence-electron chi connectivity index (χ3n) is 4.16. The minimum atomic E-state index is -0.941. The molecule has 5 heteroatoms. The summed E-state index contributed by atoms with van der Waals surface area (Å²) in [6.45, 7) is 0.0506. The highest BCUT2D eigenvalue weighted by atomic mass is 19.2. The maximum atomic E-state index is 13.6. The molecule has 2 atom stereocenters. The molecule has 0 bridgehead atoms. The molecule has 20 heavy (non-hydrogen) atoms. The fraction of sp³-hybridized carbons (Fsp3) is 0.600. The van der Waals surface area contributed by atoms with Crippen LogP contribution in [0.25, 0.3) is 0 Å². The van der Waals surface area contributed by atoms with Gasteiger partial charge < -0.3 is 15.2 Å². The Labute approximate surface area is 116 Å². The van der Waals surface area contributed by atoms with E-state index in [4.69, 9.17) is 4.74 Å². The van der Waals surface area contributed by atoms with Gasteiger partial charge in [0.2, 0.25) is 5.82 Å². The molecule has 110 valence electrons. The molecule has 2 aliphatic carbocycles. The fourth-order valence-corrected chi connectivity index (χ4v) is 2.91. The summed E-state index contributed by atoms with van der Waals surface area (Å²) < 4.78 is 32.3. The highest BCUT2D eigenvalue weighted by molar-refractivity contribution is 5.25. The molecular weight excluding hydrogens is 264 g/mol. The number of nitrogens with one attached hydrogen (secondary N) is 1. The average molecular weight is 283 g/mol. The summed E-state index contributed by atoms with van der Waals surface area (Å²) >= 11 is 0. The smallest absolute Gasteiger partial charge is 0.200 e. The first-order valence-corrected chi connectivity index (χ1v) is 7.11. The zero-order valence-electron chi connectivity index (χ0n) is 11.2. The maximum absolute atomic E-state index is 13.6. The number of hydrogen-bond acceptors (Lipinski definition) is 3. The van der Waals surface area contributed by atoms with Crippen LogP contribution in [0, 0.1) is 11.6 Å². The first kappa shape index (κ1) is 13.8. The number of aliphatic hydroxyl groups is 1. The summed E-state index contributed by atoms with van der Waals surface area (Å²) in [5.41, 5.74) is -0.324. The Bertz CT molecular complexity index is 493. The van der Waals surface area contributed by atoms with E-state index in [1.54, 1.807) is 0 Å². The SMILES string of the molecule is OCC1(NC2CC2)CCC(Oc2cccc(F)c2F)C1. The minimum Gasteiger partial charge on any atom is -0.487 e. The molecule has 2 saturated carbocycles. The number of ether oxygens (including phenoxy) is 1. The number of hydrogen-bond donors (Lipinski definition) is 2. The standard InChI is InChI=1S/C15H19F2NO2/c16-12-2-1-3-13(14(12)17)20-11-6-7-15(8-11,9-19)18-10-4-5-10/h1-3,10-11,18-19H,4-9H2. The summed E-state index contributed by atoms with van der Waals surface area (Å²) in [4.78, 5) is 0. The third-order valence-corrected chi connectivity index (χ3v) is 4.16. The second kappa shape index (κ2) is 5.30. The number of benzene rings is 1. The van der Waals surface area contributed by atoms with Gasteiger partial charge in [-0.2, -0.15) is 4.39 Å². The largest absolute Gasteiger partial charge is 0.487 e. The van der Waals surface area contributed by atoms with E-state index in [9.17, 15) is 13.9 Å². The molecule has 0 aromatic heterocycles. The van der Waals surface area contributed by atoms with Gasteiger partial charge in [0.25, 0.3) is 0 Å². The third kappa shape index (κ3) is 2.79. The zero-order valence-corrected chi connectivity index (χ0v) is 11.2. The van der Waals surface area contributed by atoms with E-state index < -0.39 is 11.6 Å². The minimum absolute atomic E-state index is 0.0461. The van der Waals surface area contributed by atoms with Crippen molar-refractivity contribution < 1.29 is 18.6 Å². The predicted octanol–water partition coefficient (Wildman–Crippen LogP) is 2.38.